The molecule has 0 radical (unpaired) electrons. The van der Waals surface area contributed by atoms with E-state index in [1.807, 2.05) is 0 Å². The number of halogens is 4. The lowest BCUT2D eigenvalue weighted by Gasteiger charge is -2.17. The highest BCUT2D eigenvalue weighted by molar-refractivity contribution is 8.18. The molecular weight excluding hydrogens is 525 g/mol. The van der Waals surface area contributed by atoms with E-state index in [1.54, 1.807) is 30.5 Å². The van der Waals surface area contributed by atoms with Gasteiger partial charge >= 0.3 is 6.18 Å². The standard InChI is InChI=1S/C26H24ClF3N4O2S/c27-20-6-5-18(21(14-20)26(28,29)30)16-34-22-7-4-17(12-19(22)15-31-34)13-23-24(35)33(25(36)37-23)11-3-10-32-8-1-2-9-32/h4-7,12-15H,1-3,8-11,16H2/b23-13-. The first kappa shape index (κ1) is 25.8. The third kappa shape index (κ3) is 5.71. The molecule has 0 aliphatic carbocycles. The Morgan fingerprint density at radius 2 is 1.84 bits per heavy atom. The fourth-order valence-corrected chi connectivity index (χ4v) is 5.77. The maximum Gasteiger partial charge on any atom is 0.416 e. The lowest BCUT2D eigenvalue weighted by molar-refractivity contribution is -0.138. The van der Waals surface area contributed by atoms with Crippen LogP contribution < -0.4 is 0 Å². The van der Waals surface area contributed by atoms with Crippen LogP contribution in [0.25, 0.3) is 17.0 Å². The molecule has 2 aliphatic heterocycles. The van der Waals surface area contributed by atoms with Gasteiger partial charge in [-0.3, -0.25) is 19.2 Å². The summed E-state index contributed by atoms with van der Waals surface area (Å²) in [6.07, 6.45) is 1.85. The summed E-state index contributed by atoms with van der Waals surface area (Å²) < 4.78 is 42.0. The lowest BCUT2D eigenvalue weighted by Crippen LogP contribution is -2.32. The van der Waals surface area contributed by atoms with E-state index in [9.17, 15) is 22.8 Å². The van der Waals surface area contributed by atoms with Crippen molar-refractivity contribution in [1.82, 2.24) is 19.6 Å². The Kier molecular flexibility index (Phi) is 7.33. The van der Waals surface area contributed by atoms with Crippen LogP contribution in [0.5, 0.6) is 0 Å². The molecule has 194 valence electrons. The lowest BCUT2D eigenvalue weighted by atomic mass is 10.1. The zero-order valence-electron chi connectivity index (χ0n) is 19.8. The summed E-state index contributed by atoms with van der Waals surface area (Å²) in [5.41, 5.74) is 0.619. The Labute approximate surface area is 221 Å². The van der Waals surface area contributed by atoms with Gasteiger partial charge in [0.2, 0.25) is 0 Å². The number of carbonyl (C=O) groups is 2. The second-order valence-electron chi connectivity index (χ2n) is 9.16. The van der Waals surface area contributed by atoms with Crippen molar-refractivity contribution in [3.63, 3.8) is 0 Å². The molecule has 0 spiro atoms. The van der Waals surface area contributed by atoms with Gasteiger partial charge in [0.25, 0.3) is 11.1 Å². The minimum Gasteiger partial charge on any atom is -0.303 e. The van der Waals surface area contributed by atoms with Crippen LogP contribution >= 0.6 is 23.4 Å². The summed E-state index contributed by atoms with van der Waals surface area (Å²) in [4.78, 5) is 29.3. The molecule has 0 N–H and O–H groups in total. The highest BCUT2D eigenvalue weighted by Crippen LogP contribution is 2.35. The highest BCUT2D eigenvalue weighted by atomic mass is 35.5. The van der Waals surface area contributed by atoms with E-state index in [1.165, 1.54) is 34.6 Å². The summed E-state index contributed by atoms with van der Waals surface area (Å²) in [7, 11) is 0. The van der Waals surface area contributed by atoms with Crippen LogP contribution in [0.3, 0.4) is 0 Å². The van der Waals surface area contributed by atoms with Crippen molar-refractivity contribution in [2.75, 3.05) is 26.2 Å². The number of aromatic nitrogens is 2. The van der Waals surface area contributed by atoms with E-state index < -0.39 is 11.7 Å². The number of hydrogen-bond acceptors (Lipinski definition) is 5. The van der Waals surface area contributed by atoms with Gasteiger partial charge in [-0.25, -0.2) is 0 Å². The topological polar surface area (TPSA) is 58.4 Å². The molecule has 11 heteroatoms. The summed E-state index contributed by atoms with van der Waals surface area (Å²) >= 11 is 6.71. The first-order valence-corrected chi connectivity index (χ1v) is 13.2. The summed E-state index contributed by atoms with van der Waals surface area (Å²) in [5.74, 6) is -0.297. The van der Waals surface area contributed by atoms with Gasteiger partial charge in [-0.15, -0.1) is 0 Å². The summed E-state index contributed by atoms with van der Waals surface area (Å²) in [6, 6.07) is 9.00. The van der Waals surface area contributed by atoms with E-state index in [4.69, 9.17) is 11.6 Å². The minimum absolute atomic E-state index is 0.0158. The Hall–Kier alpha value is -2.82. The first-order valence-electron chi connectivity index (χ1n) is 12.0. The van der Waals surface area contributed by atoms with Crippen molar-refractivity contribution in [3.8, 4) is 0 Å². The zero-order chi connectivity index (χ0) is 26.2. The average molecular weight is 549 g/mol. The number of nitrogens with zero attached hydrogens (tertiary/aromatic N) is 4. The van der Waals surface area contributed by atoms with Crippen LogP contribution in [0.1, 0.15) is 36.0 Å². The predicted molar refractivity (Wildman–Crippen MR) is 138 cm³/mol. The van der Waals surface area contributed by atoms with Crippen molar-refractivity contribution < 1.29 is 22.8 Å². The number of thioether (sulfide) groups is 1. The molecule has 1 aromatic heterocycles. The van der Waals surface area contributed by atoms with Gasteiger partial charge in [-0.1, -0.05) is 23.7 Å². The quantitative estimate of drug-likeness (QED) is 0.325. The maximum absolute atomic E-state index is 13.5. The molecule has 6 nitrogen and oxygen atoms in total. The van der Waals surface area contributed by atoms with E-state index in [0.717, 1.165) is 43.9 Å². The molecule has 0 unspecified atom stereocenters. The van der Waals surface area contributed by atoms with E-state index in [-0.39, 0.29) is 28.3 Å². The molecule has 2 amide bonds. The van der Waals surface area contributed by atoms with Crippen LogP contribution in [0.2, 0.25) is 5.02 Å². The molecule has 2 saturated heterocycles. The van der Waals surface area contributed by atoms with Crippen LogP contribution in [0.15, 0.2) is 47.5 Å². The normalized spacial score (nSPS) is 18.2. The monoisotopic (exact) mass is 548 g/mol. The molecule has 3 aromatic rings. The Bertz CT molecular complexity index is 1380. The zero-order valence-corrected chi connectivity index (χ0v) is 21.4. The molecular formula is C26H24ClF3N4O2S. The number of rotatable bonds is 7. The second-order valence-corrected chi connectivity index (χ2v) is 10.6. The second kappa shape index (κ2) is 10.5. The molecule has 37 heavy (non-hydrogen) atoms. The van der Waals surface area contributed by atoms with Gasteiger partial charge in [-0.2, -0.15) is 18.3 Å². The molecule has 0 saturated carbocycles. The molecule has 2 aromatic carbocycles. The van der Waals surface area contributed by atoms with Gasteiger partial charge < -0.3 is 4.90 Å². The van der Waals surface area contributed by atoms with Crippen molar-refractivity contribution in [2.24, 2.45) is 0 Å². The molecule has 0 atom stereocenters. The molecule has 2 fully saturated rings. The summed E-state index contributed by atoms with van der Waals surface area (Å²) in [5, 5.41) is 4.73. The fourth-order valence-electron chi connectivity index (χ4n) is 4.74. The number of hydrogen-bond donors (Lipinski definition) is 0. The SMILES string of the molecule is O=C1S/C(=C\c2ccc3c(cnn3Cc3ccc(Cl)cc3C(F)(F)F)c2)C(=O)N1CCCN1CCCC1. The third-order valence-electron chi connectivity index (χ3n) is 6.59. The van der Waals surface area contributed by atoms with Crippen LogP contribution in [0, 0.1) is 0 Å². The Morgan fingerprint density at radius 3 is 2.59 bits per heavy atom. The van der Waals surface area contributed by atoms with Gasteiger partial charge in [0.1, 0.15) is 0 Å². The van der Waals surface area contributed by atoms with E-state index >= 15 is 0 Å². The van der Waals surface area contributed by atoms with Gasteiger partial charge in [0.15, 0.2) is 0 Å². The van der Waals surface area contributed by atoms with E-state index in [0.29, 0.717) is 27.9 Å². The van der Waals surface area contributed by atoms with Crippen LogP contribution in [0.4, 0.5) is 18.0 Å². The Balaban J connectivity index is 1.30. The van der Waals surface area contributed by atoms with Crippen molar-refractivity contribution in [1.29, 1.82) is 0 Å². The number of imide groups is 1. The minimum atomic E-state index is -4.53. The summed E-state index contributed by atoms with van der Waals surface area (Å²) in [6.45, 7) is 3.34. The number of carbonyl (C=O) groups excluding carboxylic acids is 2. The van der Waals surface area contributed by atoms with Crippen molar-refractivity contribution in [2.45, 2.75) is 32.0 Å². The van der Waals surface area contributed by atoms with Gasteiger partial charge in [-0.05, 0) is 92.1 Å². The Morgan fingerprint density at radius 1 is 1.05 bits per heavy atom. The first-order chi connectivity index (χ1) is 17.7. The van der Waals surface area contributed by atoms with E-state index in [2.05, 4.69) is 10.00 Å². The molecule has 5 rings (SSSR count). The molecule has 2 aliphatic rings. The van der Waals surface area contributed by atoms with Crippen molar-refractivity contribution in [3.05, 3.63) is 69.2 Å². The predicted octanol–water partition coefficient (Wildman–Crippen LogP) is 6.28. The number of likely N-dealkylation sites (tertiary alicyclic amines) is 1. The van der Waals surface area contributed by atoms with Gasteiger partial charge in [0, 0.05) is 17.0 Å². The molecule has 0 bridgehead atoms. The molecule has 3 heterocycles. The van der Waals surface area contributed by atoms with Crippen molar-refractivity contribution >= 4 is 51.5 Å². The fraction of sp³-hybridized carbons (Fsp3) is 0.346. The number of alkyl halides is 3. The average Bonchev–Trinajstić information content (AvgIpc) is 3.56. The van der Waals surface area contributed by atoms with Gasteiger partial charge in [0.05, 0.1) is 28.7 Å². The smallest absolute Gasteiger partial charge is 0.303 e. The highest BCUT2D eigenvalue weighted by Gasteiger charge is 2.35. The van der Waals surface area contributed by atoms with Crippen LogP contribution in [-0.2, 0) is 17.5 Å². The van der Waals surface area contributed by atoms with Crippen LogP contribution in [-0.4, -0.2) is 56.9 Å². The maximum atomic E-state index is 13.5. The largest absolute Gasteiger partial charge is 0.416 e. The number of benzene rings is 2. The number of fused-ring (bicyclic) bond motifs is 1. The third-order valence-corrected chi connectivity index (χ3v) is 7.73. The number of amides is 2.